The first-order chi connectivity index (χ1) is 10.4. The maximum absolute atomic E-state index is 10.8. The quantitative estimate of drug-likeness (QED) is 0.903. The van der Waals surface area contributed by atoms with Gasteiger partial charge in [-0.25, -0.2) is 0 Å². The Balaban J connectivity index is 2.47. The number of nitriles is 1. The second-order valence-corrected chi connectivity index (χ2v) is 5.31. The van der Waals surface area contributed by atoms with Crippen molar-refractivity contribution in [2.75, 3.05) is 0 Å². The molecule has 5 nitrogen and oxygen atoms in total. The third kappa shape index (κ3) is 3.30. The first-order valence-corrected chi connectivity index (χ1v) is 6.86. The number of carboxylic acid groups (broad SMARTS) is 1. The minimum absolute atomic E-state index is 0.142. The van der Waals surface area contributed by atoms with Gasteiger partial charge in [0.25, 0.3) is 0 Å². The minimum atomic E-state index is -0.941. The van der Waals surface area contributed by atoms with E-state index in [0.717, 1.165) is 22.3 Å². The van der Waals surface area contributed by atoms with Crippen LogP contribution in [-0.4, -0.2) is 16.1 Å². The smallest absolute Gasteiger partial charge is 0.305 e. The molecule has 1 atom stereocenters. The molecular formula is C17H17N3O2. The van der Waals surface area contributed by atoms with Crippen molar-refractivity contribution in [3.05, 3.63) is 52.8 Å². The van der Waals surface area contributed by atoms with Crippen LogP contribution in [0.2, 0.25) is 0 Å². The fourth-order valence-electron chi connectivity index (χ4n) is 2.59. The summed E-state index contributed by atoms with van der Waals surface area (Å²) < 4.78 is 0. The highest BCUT2D eigenvalue weighted by Crippen LogP contribution is 2.29. The zero-order valence-corrected chi connectivity index (χ0v) is 12.5. The molecule has 1 aromatic heterocycles. The molecule has 0 saturated heterocycles. The number of aromatic nitrogens is 1. The highest BCUT2D eigenvalue weighted by Gasteiger charge is 2.14. The molecule has 0 fully saturated rings. The number of nitrogens with two attached hydrogens (primary N) is 1. The monoisotopic (exact) mass is 295 g/mol. The van der Waals surface area contributed by atoms with Gasteiger partial charge in [-0.15, -0.1) is 0 Å². The fraction of sp³-hybridized carbons (Fsp3) is 0.235. The molecule has 0 aliphatic heterocycles. The topological polar surface area (TPSA) is 100 Å². The Morgan fingerprint density at radius 2 is 1.95 bits per heavy atom. The summed E-state index contributed by atoms with van der Waals surface area (Å²) in [7, 11) is 0. The van der Waals surface area contributed by atoms with Crippen LogP contribution in [0.25, 0.3) is 11.1 Å². The number of hydrogen-bond acceptors (Lipinski definition) is 4. The maximum Gasteiger partial charge on any atom is 0.305 e. The van der Waals surface area contributed by atoms with Crippen molar-refractivity contribution in [1.82, 2.24) is 4.98 Å². The molecule has 2 rings (SSSR count). The van der Waals surface area contributed by atoms with Gasteiger partial charge in [-0.1, -0.05) is 0 Å². The summed E-state index contributed by atoms with van der Waals surface area (Å²) in [6.45, 7) is 3.88. The molecule has 5 heteroatoms. The number of rotatable bonds is 4. The lowest BCUT2D eigenvalue weighted by molar-refractivity contribution is -0.137. The van der Waals surface area contributed by atoms with Crippen molar-refractivity contribution in [2.45, 2.75) is 26.3 Å². The normalized spacial score (nSPS) is 11.7. The van der Waals surface area contributed by atoms with E-state index >= 15 is 0 Å². The molecule has 0 aliphatic rings. The molecule has 0 bridgehead atoms. The van der Waals surface area contributed by atoms with Crippen LogP contribution in [0.15, 0.2) is 30.6 Å². The Labute approximate surface area is 129 Å². The van der Waals surface area contributed by atoms with Crippen molar-refractivity contribution in [3.63, 3.8) is 0 Å². The lowest BCUT2D eigenvalue weighted by atomic mass is 9.93. The molecule has 1 aromatic carbocycles. The van der Waals surface area contributed by atoms with Crippen LogP contribution in [0, 0.1) is 25.2 Å². The number of hydrogen-bond donors (Lipinski definition) is 2. The number of pyridine rings is 1. The minimum Gasteiger partial charge on any atom is -0.481 e. The Kier molecular flexibility index (Phi) is 4.54. The molecule has 0 amide bonds. The maximum atomic E-state index is 10.8. The molecule has 112 valence electrons. The van der Waals surface area contributed by atoms with Crippen LogP contribution in [0.1, 0.15) is 34.7 Å². The van der Waals surface area contributed by atoms with E-state index in [9.17, 15) is 4.79 Å². The number of aliphatic carboxylic acids is 1. The van der Waals surface area contributed by atoms with E-state index in [1.165, 1.54) is 0 Å². The van der Waals surface area contributed by atoms with Gasteiger partial charge < -0.3 is 10.8 Å². The molecule has 0 unspecified atom stereocenters. The molecule has 0 spiro atoms. The number of carboxylic acids is 1. The fourth-order valence-corrected chi connectivity index (χ4v) is 2.59. The van der Waals surface area contributed by atoms with E-state index in [1.54, 1.807) is 12.4 Å². The van der Waals surface area contributed by atoms with E-state index in [0.29, 0.717) is 11.1 Å². The number of aryl methyl sites for hydroxylation is 2. The Hall–Kier alpha value is -2.71. The summed E-state index contributed by atoms with van der Waals surface area (Å²) in [6.07, 6.45) is 3.17. The van der Waals surface area contributed by atoms with Gasteiger partial charge in [-0.3, -0.25) is 9.78 Å². The Morgan fingerprint density at radius 1 is 1.32 bits per heavy atom. The van der Waals surface area contributed by atoms with Crippen molar-refractivity contribution in [3.8, 4) is 17.2 Å². The van der Waals surface area contributed by atoms with Crippen molar-refractivity contribution < 1.29 is 9.90 Å². The van der Waals surface area contributed by atoms with Crippen LogP contribution in [-0.2, 0) is 4.79 Å². The molecule has 22 heavy (non-hydrogen) atoms. The highest BCUT2D eigenvalue weighted by molar-refractivity contribution is 5.72. The van der Waals surface area contributed by atoms with Gasteiger partial charge in [0.15, 0.2) is 0 Å². The second-order valence-electron chi connectivity index (χ2n) is 5.31. The SMILES string of the molecule is Cc1cc(C#N)cc(C)c1-c1cncc([C@@H](N)CC(=O)O)c1. The highest BCUT2D eigenvalue weighted by atomic mass is 16.4. The molecule has 2 aromatic rings. The Morgan fingerprint density at radius 3 is 2.50 bits per heavy atom. The van der Waals surface area contributed by atoms with E-state index in [1.807, 2.05) is 32.0 Å². The molecule has 1 heterocycles. The van der Waals surface area contributed by atoms with Crippen molar-refractivity contribution in [1.29, 1.82) is 5.26 Å². The number of carbonyl (C=O) groups is 1. The lowest BCUT2D eigenvalue weighted by Gasteiger charge is -2.14. The summed E-state index contributed by atoms with van der Waals surface area (Å²) in [4.78, 5) is 15.0. The second kappa shape index (κ2) is 6.37. The van der Waals surface area contributed by atoms with Crippen LogP contribution in [0.5, 0.6) is 0 Å². The van der Waals surface area contributed by atoms with Gasteiger partial charge in [0.1, 0.15) is 0 Å². The third-order valence-electron chi connectivity index (χ3n) is 3.53. The average Bonchev–Trinajstić information content (AvgIpc) is 2.46. The summed E-state index contributed by atoms with van der Waals surface area (Å²) in [5.41, 5.74) is 11.0. The summed E-state index contributed by atoms with van der Waals surface area (Å²) >= 11 is 0. The summed E-state index contributed by atoms with van der Waals surface area (Å²) in [5.74, 6) is -0.941. The first kappa shape index (κ1) is 15.7. The van der Waals surface area contributed by atoms with Gasteiger partial charge in [0.05, 0.1) is 18.1 Å². The molecule has 3 N–H and O–H groups in total. The Bertz CT molecular complexity index is 740. The molecule has 0 saturated carbocycles. The molecule has 0 aliphatic carbocycles. The summed E-state index contributed by atoms with van der Waals surface area (Å²) in [5, 5.41) is 17.9. The van der Waals surface area contributed by atoms with E-state index in [4.69, 9.17) is 16.1 Å². The van der Waals surface area contributed by atoms with E-state index in [-0.39, 0.29) is 6.42 Å². The van der Waals surface area contributed by atoms with Gasteiger partial charge in [0.2, 0.25) is 0 Å². The number of benzene rings is 1. The van der Waals surface area contributed by atoms with Crippen LogP contribution < -0.4 is 5.73 Å². The summed E-state index contributed by atoms with van der Waals surface area (Å²) in [6, 6.07) is 7.06. The first-order valence-electron chi connectivity index (χ1n) is 6.86. The predicted molar refractivity (Wildman–Crippen MR) is 83.0 cm³/mol. The standard InChI is InChI=1S/C17H17N3O2/c1-10-3-12(7-18)4-11(2)17(10)14-5-13(8-20-9-14)15(19)6-16(21)22/h3-5,8-9,15H,6,19H2,1-2H3,(H,21,22)/t15-/m0/s1. The average molecular weight is 295 g/mol. The van der Waals surface area contributed by atoms with E-state index in [2.05, 4.69) is 11.1 Å². The lowest BCUT2D eigenvalue weighted by Crippen LogP contribution is -2.15. The van der Waals surface area contributed by atoms with Gasteiger partial charge in [-0.2, -0.15) is 5.26 Å². The van der Waals surface area contributed by atoms with Crippen molar-refractivity contribution in [2.24, 2.45) is 5.73 Å². The predicted octanol–water partition coefficient (Wildman–Crippen LogP) is 2.71. The largest absolute Gasteiger partial charge is 0.481 e. The van der Waals surface area contributed by atoms with Gasteiger partial charge in [-0.05, 0) is 54.3 Å². The zero-order chi connectivity index (χ0) is 16.3. The van der Waals surface area contributed by atoms with Crippen LogP contribution in [0.3, 0.4) is 0 Å². The van der Waals surface area contributed by atoms with Crippen LogP contribution >= 0.6 is 0 Å². The van der Waals surface area contributed by atoms with E-state index < -0.39 is 12.0 Å². The number of nitrogens with zero attached hydrogens (tertiary/aromatic N) is 2. The third-order valence-corrected chi connectivity index (χ3v) is 3.53. The van der Waals surface area contributed by atoms with Gasteiger partial charge in [0, 0.05) is 24.0 Å². The molecule has 0 radical (unpaired) electrons. The van der Waals surface area contributed by atoms with Crippen molar-refractivity contribution >= 4 is 5.97 Å². The van der Waals surface area contributed by atoms with Gasteiger partial charge >= 0.3 is 5.97 Å². The zero-order valence-electron chi connectivity index (χ0n) is 12.5. The van der Waals surface area contributed by atoms with Crippen LogP contribution in [0.4, 0.5) is 0 Å². The molecular weight excluding hydrogens is 278 g/mol.